The highest BCUT2D eigenvalue weighted by Crippen LogP contribution is 2.39. The molecule has 5 rings (SSSR count). The number of fused-ring (bicyclic) bond motifs is 2. The predicted molar refractivity (Wildman–Crippen MR) is 119 cm³/mol. The number of piperidine rings is 1. The van der Waals surface area contributed by atoms with Crippen molar-refractivity contribution < 1.29 is 17.8 Å². The molecule has 12 heteroatoms. The van der Waals surface area contributed by atoms with Gasteiger partial charge in [0.2, 0.25) is 11.9 Å². The summed E-state index contributed by atoms with van der Waals surface area (Å²) < 4.78 is 33.7. The topological polar surface area (TPSA) is 142 Å². The van der Waals surface area contributed by atoms with Crippen LogP contribution in [-0.2, 0) is 20.3 Å². The summed E-state index contributed by atoms with van der Waals surface area (Å²) in [6.45, 7) is 4.65. The van der Waals surface area contributed by atoms with Crippen molar-refractivity contribution in [1.29, 1.82) is 0 Å². The van der Waals surface area contributed by atoms with E-state index in [1.54, 1.807) is 16.9 Å². The van der Waals surface area contributed by atoms with Gasteiger partial charge in [-0.25, -0.2) is 9.50 Å². The summed E-state index contributed by atoms with van der Waals surface area (Å²) in [5, 5.41) is 9.78. The molecule has 4 heterocycles. The first-order valence-corrected chi connectivity index (χ1v) is 11.8. The summed E-state index contributed by atoms with van der Waals surface area (Å²) in [5.41, 5.74) is 2.41. The van der Waals surface area contributed by atoms with E-state index in [0.717, 1.165) is 16.9 Å². The van der Waals surface area contributed by atoms with Gasteiger partial charge in [0.05, 0.1) is 10.7 Å². The minimum absolute atomic E-state index is 0.0380. The highest BCUT2D eigenvalue weighted by molar-refractivity contribution is 7.86. The van der Waals surface area contributed by atoms with Crippen LogP contribution in [0.5, 0.6) is 0 Å². The molecule has 0 aliphatic carbocycles. The maximum absolute atomic E-state index is 12.2. The van der Waals surface area contributed by atoms with Crippen molar-refractivity contribution in [2.45, 2.75) is 37.4 Å². The molecule has 0 bridgehead atoms. The summed E-state index contributed by atoms with van der Waals surface area (Å²) in [7, 11) is -4.04. The van der Waals surface area contributed by atoms with Crippen LogP contribution in [0.25, 0.3) is 5.65 Å². The number of hydrogen-bond acceptors (Lipinski definition) is 8. The predicted octanol–water partition coefficient (Wildman–Crippen LogP) is 1.95. The normalized spacial score (nSPS) is 18.6. The Morgan fingerprint density at radius 2 is 2.00 bits per heavy atom. The molecule has 2 aliphatic heterocycles. The van der Waals surface area contributed by atoms with Gasteiger partial charge in [-0.05, 0) is 44.4 Å². The summed E-state index contributed by atoms with van der Waals surface area (Å²) in [5.74, 6) is 0.935. The van der Waals surface area contributed by atoms with Crippen LogP contribution in [0.2, 0.25) is 0 Å². The molecule has 2 aromatic heterocycles. The molecule has 1 saturated heterocycles. The molecule has 2 aliphatic rings. The fourth-order valence-corrected chi connectivity index (χ4v) is 5.05. The molecule has 168 valence electrons. The Hall–Kier alpha value is -3.25. The van der Waals surface area contributed by atoms with Crippen molar-refractivity contribution in [3.05, 3.63) is 36.2 Å². The third-order valence-corrected chi connectivity index (χ3v) is 7.48. The van der Waals surface area contributed by atoms with E-state index in [4.69, 9.17) is 0 Å². The minimum Gasteiger partial charge on any atom is -0.353 e. The third-order valence-electron chi connectivity index (χ3n) is 6.16. The van der Waals surface area contributed by atoms with Crippen LogP contribution < -0.4 is 15.5 Å². The first-order valence-electron chi connectivity index (χ1n) is 10.3. The molecule has 1 amide bonds. The number of aromatic nitrogens is 4. The monoisotopic (exact) mass is 457 g/mol. The summed E-state index contributed by atoms with van der Waals surface area (Å²) in [4.78, 5) is 23.1. The summed E-state index contributed by atoms with van der Waals surface area (Å²) >= 11 is 0. The van der Waals surface area contributed by atoms with E-state index in [0.29, 0.717) is 43.3 Å². The van der Waals surface area contributed by atoms with Gasteiger partial charge in [-0.1, -0.05) is 6.07 Å². The first-order chi connectivity index (χ1) is 15.1. The second-order valence-electron chi connectivity index (χ2n) is 8.62. The molecule has 0 atom stereocenters. The van der Waals surface area contributed by atoms with Crippen LogP contribution in [0.4, 0.5) is 23.1 Å². The molecule has 0 radical (unpaired) electrons. The highest BCUT2D eigenvalue weighted by atomic mass is 32.2. The first kappa shape index (κ1) is 20.6. The van der Waals surface area contributed by atoms with E-state index in [2.05, 4.69) is 25.7 Å². The number of hydrogen-bond donors (Lipinski definition) is 3. The molecule has 1 fully saturated rings. The van der Waals surface area contributed by atoms with Crippen molar-refractivity contribution in [2.75, 3.05) is 28.6 Å². The molecular weight excluding hydrogens is 434 g/mol. The largest absolute Gasteiger partial charge is 0.353 e. The fraction of sp³-hybridized carbons (Fsp3) is 0.400. The Balaban J connectivity index is 1.39. The summed E-state index contributed by atoms with van der Waals surface area (Å²) in [6.07, 6.45) is 3.94. The van der Waals surface area contributed by atoms with E-state index in [-0.39, 0.29) is 5.91 Å². The van der Waals surface area contributed by atoms with Crippen LogP contribution >= 0.6 is 0 Å². The number of nitrogens with one attached hydrogen (secondary N) is 2. The quantitative estimate of drug-likeness (QED) is 0.501. The maximum Gasteiger partial charge on any atom is 0.267 e. The van der Waals surface area contributed by atoms with Crippen LogP contribution in [0.3, 0.4) is 0 Å². The van der Waals surface area contributed by atoms with E-state index in [1.165, 1.54) is 0 Å². The van der Waals surface area contributed by atoms with Gasteiger partial charge in [0, 0.05) is 36.9 Å². The van der Waals surface area contributed by atoms with E-state index >= 15 is 0 Å². The molecule has 1 aromatic carbocycles. The highest BCUT2D eigenvalue weighted by Gasteiger charge is 2.38. The van der Waals surface area contributed by atoms with Crippen LogP contribution in [-0.4, -0.2) is 56.8 Å². The van der Waals surface area contributed by atoms with Crippen LogP contribution in [0.1, 0.15) is 32.3 Å². The number of carbonyl (C=O) groups is 1. The van der Waals surface area contributed by atoms with Gasteiger partial charge in [-0.3, -0.25) is 9.35 Å². The molecule has 0 unspecified atom stereocenters. The number of benzene rings is 1. The van der Waals surface area contributed by atoms with Gasteiger partial charge in [0.1, 0.15) is 0 Å². The van der Waals surface area contributed by atoms with Crippen molar-refractivity contribution in [3.8, 4) is 0 Å². The molecule has 11 nitrogen and oxygen atoms in total. The van der Waals surface area contributed by atoms with Gasteiger partial charge >= 0.3 is 0 Å². The standard InChI is InChI=1S/C20H23N7O4S/c1-20(2)14-4-3-12(11-15(14)23-18(20)28)22-19-24-17-16(21-7-10-27(17)25-19)26-8-5-13(6-9-26)32(29,30)31/h3-4,7,10-11,13H,5-6,8-9H2,1-2H3,(H,22,25)(H,23,28)(H,29,30,31). The zero-order valence-corrected chi connectivity index (χ0v) is 18.4. The Labute approximate surface area is 184 Å². The van der Waals surface area contributed by atoms with Gasteiger partial charge < -0.3 is 15.5 Å². The average Bonchev–Trinajstić information content (AvgIpc) is 3.24. The van der Waals surface area contributed by atoms with E-state index < -0.39 is 20.8 Å². The smallest absolute Gasteiger partial charge is 0.267 e. The lowest BCUT2D eigenvalue weighted by atomic mass is 9.86. The second kappa shape index (κ2) is 7.14. The van der Waals surface area contributed by atoms with Gasteiger partial charge in [0.15, 0.2) is 11.5 Å². The lowest BCUT2D eigenvalue weighted by molar-refractivity contribution is -0.119. The third kappa shape index (κ3) is 3.45. The molecular formula is C20H23N7O4S. The zero-order valence-electron chi connectivity index (χ0n) is 17.6. The van der Waals surface area contributed by atoms with Crippen molar-refractivity contribution >= 4 is 44.8 Å². The number of nitrogens with zero attached hydrogens (tertiary/aromatic N) is 5. The van der Waals surface area contributed by atoms with E-state index in [9.17, 15) is 17.8 Å². The zero-order chi connectivity index (χ0) is 22.7. The lowest BCUT2D eigenvalue weighted by Crippen LogP contribution is -2.39. The Morgan fingerprint density at radius 3 is 2.72 bits per heavy atom. The molecule has 3 aromatic rings. The molecule has 32 heavy (non-hydrogen) atoms. The maximum atomic E-state index is 12.2. The SMILES string of the molecule is CC1(C)C(=O)Nc2cc(Nc3nc4c(N5CCC(S(=O)(=O)O)CC5)nccn4n3)ccc21. The van der Waals surface area contributed by atoms with Crippen LogP contribution in [0, 0.1) is 0 Å². The van der Waals surface area contributed by atoms with Crippen LogP contribution in [0.15, 0.2) is 30.6 Å². The van der Waals surface area contributed by atoms with Gasteiger partial charge in [0.25, 0.3) is 10.1 Å². The van der Waals surface area contributed by atoms with Gasteiger partial charge in [-0.15, -0.1) is 5.10 Å². The fourth-order valence-electron chi connectivity index (χ4n) is 4.25. The minimum atomic E-state index is -4.04. The van der Waals surface area contributed by atoms with Crippen molar-refractivity contribution in [1.82, 2.24) is 19.6 Å². The number of carbonyl (C=O) groups excluding carboxylic acids is 1. The number of anilines is 4. The van der Waals surface area contributed by atoms with Gasteiger partial charge in [-0.2, -0.15) is 13.4 Å². The van der Waals surface area contributed by atoms with E-state index in [1.807, 2.05) is 36.9 Å². The molecule has 0 spiro atoms. The summed E-state index contributed by atoms with van der Waals surface area (Å²) in [6, 6.07) is 5.65. The number of rotatable bonds is 4. The Morgan fingerprint density at radius 1 is 1.25 bits per heavy atom. The number of amides is 1. The lowest BCUT2D eigenvalue weighted by Gasteiger charge is -2.31. The molecule has 0 saturated carbocycles. The Bertz CT molecular complexity index is 1330. The van der Waals surface area contributed by atoms with Crippen molar-refractivity contribution in [2.24, 2.45) is 0 Å². The molecule has 3 N–H and O–H groups in total. The van der Waals surface area contributed by atoms with Crippen molar-refractivity contribution in [3.63, 3.8) is 0 Å². The second-order valence-corrected chi connectivity index (χ2v) is 10.3. The Kier molecular flexibility index (Phi) is 4.60. The average molecular weight is 458 g/mol.